The standard InChI is InChI=1S/C33H49N3O6/c1-6-7-8-9-10-11-12-13-22-42-33-30(40-4)23-26(24-31(33)41-5)14-17-32(37)34-36-20-18-35(19-21-36)28-16-15-27(38-2)25-29(28)39-3/h14-17,23-25H,6-13,18-22H2,1-5H3,(H,34,37)/b17-14+. The van der Waals surface area contributed by atoms with E-state index in [-0.39, 0.29) is 5.91 Å². The largest absolute Gasteiger partial charge is 0.497 e. The van der Waals surface area contributed by atoms with E-state index in [1.54, 1.807) is 34.5 Å². The first-order valence-electron chi connectivity index (χ1n) is 15.1. The molecular weight excluding hydrogens is 534 g/mol. The molecule has 0 bridgehead atoms. The Morgan fingerprint density at radius 1 is 0.786 bits per heavy atom. The number of methoxy groups -OCH3 is 4. The van der Waals surface area contributed by atoms with Crippen LogP contribution in [0.15, 0.2) is 36.4 Å². The summed E-state index contributed by atoms with van der Waals surface area (Å²) in [7, 11) is 6.52. The molecule has 1 heterocycles. The Bertz CT molecular complexity index is 1110. The number of hydrogen-bond donors (Lipinski definition) is 1. The molecule has 232 valence electrons. The summed E-state index contributed by atoms with van der Waals surface area (Å²) in [6.07, 6.45) is 13.2. The first kappa shape index (κ1) is 32.9. The molecule has 0 unspecified atom stereocenters. The van der Waals surface area contributed by atoms with Crippen LogP contribution >= 0.6 is 0 Å². The third-order valence-corrected chi connectivity index (χ3v) is 7.43. The summed E-state index contributed by atoms with van der Waals surface area (Å²) in [5.41, 5.74) is 4.78. The highest BCUT2D eigenvalue weighted by Gasteiger charge is 2.21. The minimum absolute atomic E-state index is 0.196. The minimum Gasteiger partial charge on any atom is -0.497 e. The Morgan fingerprint density at radius 2 is 1.40 bits per heavy atom. The van der Waals surface area contributed by atoms with Crippen molar-refractivity contribution in [3.63, 3.8) is 0 Å². The maximum atomic E-state index is 12.7. The summed E-state index contributed by atoms with van der Waals surface area (Å²) in [6, 6.07) is 9.53. The highest BCUT2D eigenvalue weighted by atomic mass is 16.5. The van der Waals surface area contributed by atoms with Crippen LogP contribution < -0.4 is 34.0 Å². The van der Waals surface area contributed by atoms with Crippen LogP contribution in [0.1, 0.15) is 63.9 Å². The third-order valence-electron chi connectivity index (χ3n) is 7.43. The van der Waals surface area contributed by atoms with Gasteiger partial charge in [-0.15, -0.1) is 0 Å². The number of carbonyl (C=O) groups excluding carboxylic acids is 1. The average Bonchev–Trinajstić information content (AvgIpc) is 3.03. The van der Waals surface area contributed by atoms with Crippen molar-refractivity contribution in [1.29, 1.82) is 0 Å². The van der Waals surface area contributed by atoms with Crippen LogP contribution in [0.4, 0.5) is 5.69 Å². The lowest BCUT2D eigenvalue weighted by Gasteiger charge is -2.36. The van der Waals surface area contributed by atoms with Gasteiger partial charge >= 0.3 is 0 Å². The molecule has 9 nitrogen and oxygen atoms in total. The Hall–Kier alpha value is -3.59. The molecule has 1 aliphatic rings. The van der Waals surface area contributed by atoms with Gasteiger partial charge in [0.2, 0.25) is 5.75 Å². The second-order valence-electron chi connectivity index (χ2n) is 10.4. The van der Waals surface area contributed by atoms with E-state index in [9.17, 15) is 4.79 Å². The molecule has 1 amide bonds. The molecule has 9 heteroatoms. The van der Waals surface area contributed by atoms with E-state index in [4.69, 9.17) is 23.7 Å². The summed E-state index contributed by atoms with van der Waals surface area (Å²) in [5, 5.41) is 1.93. The van der Waals surface area contributed by atoms with Crippen LogP contribution in [-0.2, 0) is 4.79 Å². The number of nitrogens with zero attached hydrogens (tertiary/aromatic N) is 2. The molecule has 0 saturated carbocycles. The number of benzene rings is 2. The fourth-order valence-corrected chi connectivity index (χ4v) is 5.02. The van der Waals surface area contributed by atoms with Gasteiger partial charge in [-0.3, -0.25) is 10.2 Å². The summed E-state index contributed by atoms with van der Waals surface area (Å²) < 4.78 is 28.1. The lowest BCUT2D eigenvalue weighted by Crippen LogP contribution is -2.53. The molecule has 1 saturated heterocycles. The maximum Gasteiger partial charge on any atom is 0.258 e. The Kier molecular flexibility index (Phi) is 14.2. The Morgan fingerprint density at radius 3 is 2.00 bits per heavy atom. The number of anilines is 1. The first-order chi connectivity index (χ1) is 20.5. The van der Waals surface area contributed by atoms with E-state index >= 15 is 0 Å². The fourth-order valence-electron chi connectivity index (χ4n) is 5.02. The fraction of sp³-hybridized carbons (Fsp3) is 0.545. The molecular formula is C33H49N3O6. The van der Waals surface area contributed by atoms with E-state index in [0.717, 1.165) is 48.7 Å². The highest BCUT2D eigenvalue weighted by molar-refractivity contribution is 5.91. The van der Waals surface area contributed by atoms with Gasteiger partial charge in [0.15, 0.2) is 11.5 Å². The molecule has 3 rings (SSSR count). The molecule has 42 heavy (non-hydrogen) atoms. The van der Waals surface area contributed by atoms with Gasteiger partial charge in [0, 0.05) is 38.3 Å². The quantitative estimate of drug-likeness (QED) is 0.166. The van der Waals surface area contributed by atoms with Gasteiger partial charge in [0.25, 0.3) is 5.91 Å². The maximum absolute atomic E-state index is 12.7. The number of rotatable bonds is 18. The molecule has 0 aromatic heterocycles. The third kappa shape index (κ3) is 10.0. The van der Waals surface area contributed by atoms with Crippen LogP contribution in [0, 0.1) is 0 Å². The van der Waals surface area contributed by atoms with E-state index < -0.39 is 0 Å². The zero-order valence-corrected chi connectivity index (χ0v) is 26.1. The molecule has 0 atom stereocenters. The van der Waals surface area contributed by atoms with Crippen molar-refractivity contribution in [3.05, 3.63) is 42.0 Å². The monoisotopic (exact) mass is 583 g/mol. The number of amides is 1. The zero-order chi connectivity index (χ0) is 30.2. The Balaban J connectivity index is 1.48. The SMILES string of the molecule is CCCCCCCCCCOc1c(OC)cc(/C=C/C(=O)NN2CCN(c3ccc(OC)cc3OC)CC2)cc1OC. The highest BCUT2D eigenvalue weighted by Crippen LogP contribution is 2.39. The van der Waals surface area contributed by atoms with Crippen molar-refractivity contribution in [2.45, 2.75) is 58.3 Å². The minimum atomic E-state index is -0.196. The number of carbonyl (C=O) groups is 1. The smallest absolute Gasteiger partial charge is 0.258 e. The molecule has 0 radical (unpaired) electrons. The van der Waals surface area contributed by atoms with Crippen LogP contribution in [0.2, 0.25) is 0 Å². The van der Waals surface area contributed by atoms with Gasteiger partial charge < -0.3 is 28.6 Å². The van der Waals surface area contributed by atoms with Crippen LogP contribution in [-0.4, -0.2) is 72.1 Å². The molecule has 2 aromatic rings. The van der Waals surface area contributed by atoms with Gasteiger partial charge in [-0.1, -0.05) is 51.9 Å². The van der Waals surface area contributed by atoms with Gasteiger partial charge in [-0.2, -0.15) is 0 Å². The van der Waals surface area contributed by atoms with Crippen molar-refractivity contribution in [2.75, 3.05) is 66.1 Å². The topological polar surface area (TPSA) is 81.7 Å². The molecule has 2 aromatic carbocycles. The normalized spacial score (nSPS) is 13.7. The van der Waals surface area contributed by atoms with Crippen molar-refractivity contribution in [2.24, 2.45) is 0 Å². The van der Waals surface area contributed by atoms with E-state index in [0.29, 0.717) is 36.9 Å². The van der Waals surface area contributed by atoms with Crippen molar-refractivity contribution in [1.82, 2.24) is 10.4 Å². The number of nitrogens with one attached hydrogen (secondary N) is 1. The van der Waals surface area contributed by atoms with Gasteiger partial charge in [0.1, 0.15) is 11.5 Å². The summed E-state index contributed by atoms with van der Waals surface area (Å²) in [5.74, 6) is 3.09. The van der Waals surface area contributed by atoms with Crippen molar-refractivity contribution < 1.29 is 28.5 Å². The van der Waals surface area contributed by atoms with Crippen molar-refractivity contribution >= 4 is 17.7 Å². The number of hydrogen-bond acceptors (Lipinski definition) is 8. The second-order valence-corrected chi connectivity index (χ2v) is 10.4. The van der Waals surface area contributed by atoms with Crippen LogP contribution in [0.25, 0.3) is 6.08 Å². The average molecular weight is 584 g/mol. The molecule has 0 aliphatic carbocycles. The predicted octanol–water partition coefficient (Wildman–Crippen LogP) is 6.11. The molecule has 1 aliphatic heterocycles. The zero-order valence-electron chi connectivity index (χ0n) is 26.1. The second kappa shape index (κ2) is 18.1. The van der Waals surface area contributed by atoms with E-state index in [2.05, 4.69) is 17.2 Å². The number of ether oxygens (including phenoxy) is 5. The number of piperazine rings is 1. The summed E-state index contributed by atoms with van der Waals surface area (Å²) >= 11 is 0. The van der Waals surface area contributed by atoms with Gasteiger partial charge in [-0.05, 0) is 42.3 Å². The first-order valence-corrected chi connectivity index (χ1v) is 15.1. The summed E-state index contributed by atoms with van der Waals surface area (Å²) in [6.45, 7) is 5.72. The van der Waals surface area contributed by atoms with Gasteiger partial charge in [-0.25, -0.2) is 5.01 Å². The Labute approximate surface area is 251 Å². The number of hydrazine groups is 1. The van der Waals surface area contributed by atoms with Crippen LogP contribution in [0.3, 0.4) is 0 Å². The number of unbranched alkanes of at least 4 members (excludes halogenated alkanes) is 7. The van der Waals surface area contributed by atoms with Gasteiger partial charge in [0.05, 0.1) is 40.7 Å². The van der Waals surface area contributed by atoms with E-state index in [1.165, 1.54) is 44.6 Å². The van der Waals surface area contributed by atoms with Crippen molar-refractivity contribution in [3.8, 4) is 28.7 Å². The lowest BCUT2D eigenvalue weighted by atomic mass is 10.1. The molecule has 1 N–H and O–H groups in total. The van der Waals surface area contributed by atoms with E-state index in [1.807, 2.05) is 35.3 Å². The van der Waals surface area contributed by atoms with Crippen LogP contribution in [0.5, 0.6) is 28.7 Å². The molecule has 0 spiro atoms. The molecule has 1 fully saturated rings. The summed E-state index contributed by atoms with van der Waals surface area (Å²) in [4.78, 5) is 15.0. The predicted molar refractivity (Wildman–Crippen MR) is 168 cm³/mol. The lowest BCUT2D eigenvalue weighted by molar-refractivity contribution is -0.121.